The van der Waals surface area contributed by atoms with E-state index in [9.17, 15) is 17.2 Å². The monoisotopic (exact) mass is 376 g/mol. The molecule has 0 aliphatic carbocycles. The summed E-state index contributed by atoms with van der Waals surface area (Å²) in [6.45, 7) is 0. The molecule has 1 heterocycles. The number of halogens is 2. The summed E-state index contributed by atoms with van der Waals surface area (Å²) in [5.74, 6) is -0.714. The van der Waals surface area contributed by atoms with E-state index in [1.165, 1.54) is 19.3 Å². The number of sulfonamides is 1. The molecule has 0 spiro atoms. The molecule has 134 valence electrons. The van der Waals surface area contributed by atoms with Crippen molar-refractivity contribution in [1.29, 1.82) is 0 Å². The first-order chi connectivity index (χ1) is 12.4. The van der Waals surface area contributed by atoms with Gasteiger partial charge in [-0.05, 0) is 42.5 Å². The van der Waals surface area contributed by atoms with Crippen molar-refractivity contribution in [1.82, 2.24) is 4.98 Å². The molecule has 0 bridgehead atoms. The van der Waals surface area contributed by atoms with E-state index in [4.69, 9.17) is 4.74 Å². The Morgan fingerprint density at radius 3 is 2.35 bits per heavy atom. The van der Waals surface area contributed by atoms with E-state index >= 15 is 0 Å². The molecule has 0 saturated carbocycles. The summed E-state index contributed by atoms with van der Waals surface area (Å²) in [6, 6.07) is 11.3. The summed E-state index contributed by atoms with van der Waals surface area (Å²) in [6.07, 6.45) is 3.01. The molecule has 0 radical (unpaired) electrons. The quantitative estimate of drug-likeness (QED) is 0.676. The number of pyridine rings is 1. The molecule has 0 saturated heterocycles. The van der Waals surface area contributed by atoms with Crippen LogP contribution in [0, 0.1) is 11.6 Å². The lowest BCUT2D eigenvalue weighted by Gasteiger charge is -2.20. The van der Waals surface area contributed by atoms with Gasteiger partial charge < -0.3 is 4.74 Å². The van der Waals surface area contributed by atoms with Gasteiger partial charge in [-0.2, -0.15) is 0 Å². The molecular formula is C18H14F2N2O3S. The molecular weight excluding hydrogens is 362 g/mol. The van der Waals surface area contributed by atoms with Crippen LogP contribution in [0.5, 0.6) is 11.5 Å². The number of ether oxygens (including phenoxy) is 1. The van der Waals surface area contributed by atoms with E-state index < -0.39 is 21.7 Å². The highest BCUT2D eigenvalue weighted by Crippen LogP contribution is 2.29. The first-order valence-corrected chi connectivity index (χ1v) is 8.93. The van der Waals surface area contributed by atoms with Crippen LogP contribution < -0.4 is 9.04 Å². The number of aromatic nitrogens is 1. The lowest BCUT2D eigenvalue weighted by atomic mass is 10.3. The van der Waals surface area contributed by atoms with Crippen LogP contribution in [0.1, 0.15) is 0 Å². The Labute approximate surface area is 149 Å². The fourth-order valence-corrected chi connectivity index (χ4v) is 3.41. The van der Waals surface area contributed by atoms with Crippen molar-refractivity contribution >= 4 is 15.7 Å². The summed E-state index contributed by atoms with van der Waals surface area (Å²) in [7, 11) is -2.70. The Morgan fingerprint density at radius 2 is 1.69 bits per heavy atom. The summed E-state index contributed by atoms with van der Waals surface area (Å²) >= 11 is 0. The van der Waals surface area contributed by atoms with Gasteiger partial charge in [-0.1, -0.05) is 0 Å². The van der Waals surface area contributed by atoms with Gasteiger partial charge in [0, 0.05) is 25.4 Å². The molecule has 5 nitrogen and oxygen atoms in total. The predicted molar refractivity (Wildman–Crippen MR) is 92.7 cm³/mol. The van der Waals surface area contributed by atoms with Crippen molar-refractivity contribution in [2.24, 2.45) is 0 Å². The van der Waals surface area contributed by atoms with Crippen LogP contribution in [0.4, 0.5) is 14.5 Å². The third kappa shape index (κ3) is 3.80. The minimum Gasteiger partial charge on any atom is -0.456 e. The van der Waals surface area contributed by atoms with Crippen LogP contribution in [-0.2, 0) is 10.0 Å². The number of benzene rings is 2. The summed E-state index contributed by atoms with van der Waals surface area (Å²) in [5, 5.41) is 0. The van der Waals surface area contributed by atoms with E-state index in [1.807, 2.05) is 0 Å². The van der Waals surface area contributed by atoms with E-state index in [0.29, 0.717) is 5.75 Å². The molecule has 0 unspecified atom stereocenters. The maximum Gasteiger partial charge on any atom is 0.264 e. The lowest BCUT2D eigenvalue weighted by molar-refractivity contribution is 0.474. The zero-order chi connectivity index (χ0) is 18.7. The van der Waals surface area contributed by atoms with Gasteiger partial charge in [0.1, 0.15) is 23.1 Å². The standard InChI is InChI=1S/C18H14F2N2O3S/c1-22(26(23,24)18-6-4-13(19)5-7-18)15-9-14(20)10-17(11-15)25-16-3-2-8-21-12-16/h2-12H,1H3. The highest BCUT2D eigenvalue weighted by Gasteiger charge is 2.22. The minimum atomic E-state index is -3.98. The molecule has 0 aliphatic rings. The maximum atomic E-state index is 14.0. The Bertz CT molecular complexity index is 1010. The summed E-state index contributed by atoms with van der Waals surface area (Å²) in [4.78, 5) is 3.78. The topological polar surface area (TPSA) is 59.5 Å². The van der Waals surface area contributed by atoms with Crippen LogP contribution >= 0.6 is 0 Å². The number of rotatable bonds is 5. The molecule has 0 aliphatic heterocycles. The van der Waals surface area contributed by atoms with E-state index in [2.05, 4.69) is 4.98 Å². The van der Waals surface area contributed by atoms with Gasteiger partial charge in [0.2, 0.25) is 0 Å². The second kappa shape index (κ2) is 7.09. The molecule has 1 aromatic heterocycles. The largest absolute Gasteiger partial charge is 0.456 e. The number of anilines is 1. The lowest BCUT2D eigenvalue weighted by Crippen LogP contribution is -2.26. The SMILES string of the molecule is CN(c1cc(F)cc(Oc2cccnc2)c1)S(=O)(=O)c1ccc(F)cc1. The molecule has 3 aromatic rings. The highest BCUT2D eigenvalue weighted by molar-refractivity contribution is 7.92. The molecule has 2 aromatic carbocycles. The zero-order valence-electron chi connectivity index (χ0n) is 13.6. The molecule has 8 heteroatoms. The van der Waals surface area contributed by atoms with Crippen LogP contribution in [-0.4, -0.2) is 20.4 Å². The van der Waals surface area contributed by atoms with Gasteiger partial charge in [-0.15, -0.1) is 0 Å². The maximum absolute atomic E-state index is 14.0. The molecule has 3 rings (SSSR count). The fraction of sp³-hybridized carbons (Fsp3) is 0.0556. The van der Waals surface area contributed by atoms with Crippen molar-refractivity contribution in [3.63, 3.8) is 0 Å². The Morgan fingerprint density at radius 1 is 0.962 bits per heavy atom. The molecule has 0 atom stereocenters. The van der Waals surface area contributed by atoms with Gasteiger partial charge in [0.05, 0.1) is 16.8 Å². The zero-order valence-corrected chi connectivity index (χ0v) is 14.5. The first-order valence-electron chi connectivity index (χ1n) is 7.49. The van der Waals surface area contributed by atoms with E-state index in [-0.39, 0.29) is 16.3 Å². The molecule has 26 heavy (non-hydrogen) atoms. The normalized spacial score (nSPS) is 11.2. The number of hydrogen-bond acceptors (Lipinski definition) is 4. The van der Waals surface area contributed by atoms with Crippen LogP contribution in [0.25, 0.3) is 0 Å². The second-order valence-electron chi connectivity index (χ2n) is 5.36. The second-order valence-corrected chi connectivity index (χ2v) is 7.33. The molecule has 0 N–H and O–H groups in total. The Balaban J connectivity index is 1.94. The van der Waals surface area contributed by atoms with E-state index in [1.54, 1.807) is 18.3 Å². The number of nitrogens with zero attached hydrogens (tertiary/aromatic N) is 2. The third-order valence-electron chi connectivity index (χ3n) is 3.56. The van der Waals surface area contributed by atoms with Gasteiger partial charge >= 0.3 is 0 Å². The van der Waals surface area contributed by atoms with Crippen molar-refractivity contribution in [2.45, 2.75) is 4.90 Å². The summed E-state index contributed by atoms with van der Waals surface area (Å²) in [5.41, 5.74) is 0.0632. The first kappa shape index (κ1) is 17.8. The Kier molecular flexibility index (Phi) is 4.85. The van der Waals surface area contributed by atoms with Gasteiger partial charge in [0.15, 0.2) is 0 Å². The highest BCUT2D eigenvalue weighted by atomic mass is 32.2. The van der Waals surface area contributed by atoms with E-state index in [0.717, 1.165) is 40.7 Å². The van der Waals surface area contributed by atoms with Crippen LogP contribution in [0.15, 0.2) is 71.9 Å². The van der Waals surface area contributed by atoms with Crippen molar-refractivity contribution in [3.05, 3.63) is 78.6 Å². The average Bonchev–Trinajstić information content (AvgIpc) is 2.62. The minimum absolute atomic E-state index is 0.0632. The van der Waals surface area contributed by atoms with Crippen LogP contribution in [0.2, 0.25) is 0 Å². The van der Waals surface area contributed by atoms with Gasteiger partial charge in [-0.3, -0.25) is 9.29 Å². The molecule has 0 fully saturated rings. The third-order valence-corrected chi connectivity index (χ3v) is 5.36. The van der Waals surface area contributed by atoms with Gasteiger partial charge in [-0.25, -0.2) is 17.2 Å². The average molecular weight is 376 g/mol. The molecule has 0 amide bonds. The number of hydrogen-bond donors (Lipinski definition) is 0. The van der Waals surface area contributed by atoms with Crippen molar-refractivity contribution in [2.75, 3.05) is 11.4 Å². The Hall–Kier alpha value is -3.00. The van der Waals surface area contributed by atoms with Crippen molar-refractivity contribution < 1.29 is 21.9 Å². The predicted octanol–water partition coefficient (Wildman–Crippen LogP) is 3.98. The fourth-order valence-electron chi connectivity index (χ4n) is 2.24. The van der Waals surface area contributed by atoms with Gasteiger partial charge in [0.25, 0.3) is 10.0 Å². The smallest absolute Gasteiger partial charge is 0.264 e. The summed E-state index contributed by atoms with van der Waals surface area (Å²) < 4.78 is 58.7. The van der Waals surface area contributed by atoms with Crippen LogP contribution in [0.3, 0.4) is 0 Å². The van der Waals surface area contributed by atoms with Crippen molar-refractivity contribution in [3.8, 4) is 11.5 Å².